The van der Waals surface area contributed by atoms with E-state index in [1.807, 2.05) is 0 Å². The number of fused-ring (bicyclic) bond motifs is 1. The Bertz CT molecular complexity index is 940. The lowest BCUT2D eigenvalue weighted by Gasteiger charge is -2.07. The zero-order chi connectivity index (χ0) is 17.1. The van der Waals surface area contributed by atoms with Crippen molar-refractivity contribution >= 4 is 28.3 Å². The zero-order valence-corrected chi connectivity index (χ0v) is 12.4. The van der Waals surface area contributed by atoms with Gasteiger partial charge in [-0.15, -0.1) is 0 Å². The number of rotatable bonds is 3. The molecule has 0 aromatic heterocycles. The lowest BCUT2D eigenvalue weighted by molar-refractivity contribution is 0.0706. The van der Waals surface area contributed by atoms with Gasteiger partial charge in [-0.2, -0.15) is 0 Å². The molecule has 0 saturated carbocycles. The number of anilines is 1. The molecule has 120 valence electrons. The van der Waals surface area contributed by atoms with Crippen LogP contribution in [0.2, 0.25) is 0 Å². The van der Waals surface area contributed by atoms with Crippen molar-refractivity contribution in [1.82, 2.24) is 5.48 Å². The van der Waals surface area contributed by atoms with Gasteiger partial charge >= 0.3 is 0 Å². The van der Waals surface area contributed by atoms with Gasteiger partial charge < -0.3 is 5.32 Å². The van der Waals surface area contributed by atoms with Crippen molar-refractivity contribution in [3.05, 3.63) is 77.6 Å². The highest BCUT2D eigenvalue weighted by Crippen LogP contribution is 2.19. The van der Waals surface area contributed by atoms with Crippen molar-refractivity contribution in [2.24, 2.45) is 0 Å². The van der Waals surface area contributed by atoms with Crippen molar-refractivity contribution in [2.75, 3.05) is 5.32 Å². The number of hydrogen-bond acceptors (Lipinski definition) is 3. The fourth-order valence-corrected chi connectivity index (χ4v) is 2.36. The molecule has 0 aliphatic rings. The van der Waals surface area contributed by atoms with Crippen LogP contribution in [0.5, 0.6) is 0 Å². The van der Waals surface area contributed by atoms with E-state index in [1.54, 1.807) is 47.9 Å². The Morgan fingerprint density at radius 3 is 2.04 bits per heavy atom. The maximum absolute atomic E-state index is 13.2. The largest absolute Gasteiger partial charge is 0.322 e. The van der Waals surface area contributed by atoms with E-state index >= 15 is 0 Å². The van der Waals surface area contributed by atoms with Crippen molar-refractivity contribution in [3.63, 3.8) is 0 Å². The van der Waals surface area contributed by atoms with Crippen molar-refractivity contribution in [2.45, 2.75) is 0 Å². The molecule has 3 aromatic rings. The summed E-state index contributed by atoms with van der Waals surface area (Å²) in [5, 5.41) is 12.8. The van der Waals surface area contributed by atoms with Crippen molar-refractivity contribution in [3.8, 4) is 0 Å². The summed E-state index contributed by atoms with van der Waals surface area (Å²) in [7, 11) is 0. The third-order valence-electron chi connectivity index (χ3n) is 3.55. The molecule has 0 spiro atoms. The molecule has 0 heterocycles. The van der Waals surface area contributed by atoms with Crippen LogP contribution in [-0.4, -0.2) is 17.0 Å². The number of hydrogen-bond donors (Lipinski definition) is 3. The monoisotopic (exact) mass is 324 g/mol. The van der Waals surface area contributed by atoms with E-state index in [0.717, 1.165) is 10.8 Å². The second-order valence-electron chi connectivity index (χ2n) is 5.18. The molecule has 0 bridgehead atoms. The summed E-state index contributed by atoms with van der Waals surface area (Å²) < 4.78 is 13.2. The van der Waals surface area contributed by atoms with Gasteiger partial charge in [0.1, 0.15) is 5.82 Å². The maximum atomic E-state index is 13.2. The average molecular weight is 324 g/mol. The van der Waals surface area contributed by atoms with Crippen molar-refractivity contribution in [1.29, 1.82) is 0 Å². The van der Waals surface area contributed by atoms with E-state index < -0.39 is 11.7 Å². The van der Waals surface area contributed by atoms with E-state index in [2.05, 4.69) is 5.32 Å². The first kappa shape index (κ1) is 15.6. The van der Waals surface area contributed by atoms with E-state index in [9.17, 15) is 14.0 Å². The standard InChI is InChI=1S/C18H13FN2O3/c19-15-2-1-3-16(10-15)20-17(22)13-6-4-12-9-14(18(23)21-24)7-5-11(12)8-13/h1-10,24H,(H,20,22)(H,21,23). The first-order valence-corrected chi connectivity index (χ1v) is 7.12. The Labute approximate surface area is 136 Å². The molecule has 0 unspecified atom stereocenters. The summed E-state index contributed by atoms with van der Waals surface area (Å²) in [6, 6.07) is 15.5. The lowest BCUT2D eigenvalue weighted by Crippen LogP contribution is -2.18. The van der Waals surface area contributed by atoms with Gasteiger partial charge in [0.25, 0.3) is 11.8 Å². The Morgan fingerprint density at radius 1 is 0.833 bits per heavy atom. The van der Waals surface area contributed by atoms with Gasteiger partial charge in [0, 0.05) is 16.8 Å². The first-order chi connectivity index (χ1) is 11.6. The molecule has 3 N–H and O–H groups in total. The molecule has 6 heteroatoms. The molecule has 3 aromatic carbocycles. The minimum Gasteiger partial charge on any atom is -0.322 e. The summed E-state index contributed by atoms with van der Waals surface area (Å²) in [5.74, 6) is -1.40. The molecule has 0 fully saturated rings. The molecule has 0 radical (unpaired) electrons. The summed E-state index contributed by atoms with van der Waals surface area (Å²) in [6.07, 6.45) is 0. The zero-order valence-electron chi connectivity index (χ0n) is 12.4. The van der Waals surface area contributed by atoms with Crippen LogP contribution in [0.4, 0.5) is 10.1 Å². The Balaban J connectivity index is 1.87. The quantitative estimate of drug-likeness (QED) is 0.511. The van der Waals surface area contributed by atoms with Crippen LogP contribution in [0.15, 0.2) is 60.7 Å². The Morgan fingerprint density at radius 2 is 1.46 bits per heavy atom. The summed E-state index contributed by atoms with van der Waals surface area (Å²) in [6.45, 7) is 0. The number of hydroxylamine groups is 1. The highest BCUT2D eigenvalue weighted by Gasteiger charge is 2.09. The predicted molar refractivity (Wildman–Crippen MR) is 87.6 cm³/mol. The van der Waals surface area contributed by atoms with Gasteiger partial charge in [-0.3, -0.25) is 14.8 Å². The number of nitrogens with one attached hydrogen (secondary N) is 2. The fraction of sp³-hybridized carbons (Fsp3) is 0. The highest BCUT2D eigenvalue weighted by atomic mass is 19.1. The minimum absolute atomic E-state index is 0.307. The van der Waals surface area contributed by atoms with E-state index in [4.69, 9.17) is 5.21 Å². The van der Waals surface area contributed by atoms with Gasteiger partial charge in [0.05, 0.1) is 0 Å². The molecule has 3 rings (SSSR count). The van der Waals surface area contributed by atoms with Crippen LogP contribution >= 0.6 is 0 Å². The number of carbonyl (C=O) groups excluding carboxylic acids is 2. The van der Waals surface area contributed by atoms with Crippen LogP contribution in [-0.2, 0) is 0 Å². The number of carbonyl (C=O) groups is 2. The topological polar surface area (TPSA) is 78.4 Å². The molecule has 5 nitrogen and oxygen atoms in total. The van der Waals surface area contributed by atoms with Gasteiger partial charge in [0.15, 0.2) is 0 Å². The molecule has 0 atom stereocenters. The van der Waals surface area contributed by atoms with Gasteiger partial charge in [-0.1, -0.05) is 18.2 Å². The second kappa shape index (κ2) is 6.47. The molecule has 0 aliphatic carbocycles. The van der Waals surface area contributed by atoms with Gasteiger partial charge in [-0.25, -0.2) is 9.87 Å². The van der Waals surface area contributed by atoms with E-state index in [0.29, 0.717) is 16.8 Å². The molecule has 2 amide bonds. The third-order valence-corrected chi connectivity index (χ3v) is 3.55. The van der Waals surface area contributed by atoms with Crippen LogP contribution in [0.25, 0.3) is 10.8 Å². The summed E-state index contributed by atoms with van der Waals surface area (Å²) in [4.78, 5) is 23.7. The molecule has 0 aliphatic heterocycles. The Kier molecular flexibility index (Phi) is 4.22. The second-order valence-corrected chi connectivity index (χ2v) is 5.18. The molecular weight excluding hydrogens is 311 g/mol. The maximum Gasteiger partial charge on any atom is 0.274 e. The minimum atomic E-state index is -0.607. The third kappa shape index (κ3) is 3.23. The molecule has 0 saturated heterocycles. The molecule has 24 heavy (non-hydrogen) atoms. The fourth-order valence-electron chi connectivity index (χ4n) is 2.36. The number of amides is 2. The summed E-state index contributed by atoms with van der Waals surface area (Å²) >= 11 is 0. The number of halogens is 1. The van der Waals surface area contributed by atoms with E-state index in [-0.39, 0.29) is 5.91 Å². The van der Waals surface area contributed by atoms with Crippen LogP contribution in [0, 0.1) is 5.82 Å². The SMILES string of the molecule is O=C(NO)c1ccc2cc(C(=O)Nc3cccc(F)c3)ccc2c1. The highest BCUT2D eigenvalue weighted by molar-refractivity contribution is 6.07. The van der Waals surface area contributed by atoms with Crippen LogP contribution < -0.4 is 10.8 Å². The molecular formula is C18H13FN2O3. The first-order valence-electron chi connectivity index (χ1n) is 7.12. The predicted octanol–water partition coefficient (Wildman–Crippen LogP) is 3.35. The Hall–Kier alpha value is -3.25. The summed E-state index contributed by atoms with van der Waals surface area (Å²) in [5.41, 5.74) is 2.66. The van der Waals surface area contributed by atoms with Gasteiger partial charge in [-0.05, 0) is 53.2 Å². The van der Waals surface area contributed by atoms with Crippen LogP contribution in [0.3, 0.4) is 0 Å². The normalized spacial score (nSPS) is 10.4. The van der Waals surface area contributed by atoms with Crippen LogP contribution in [0.1, 0.15) is 20.7 Å². The van der Waals surface area contributed by atoms with Crippen molar-refractivity contribution < 1.29 is 19.2 Å². The lowest BCUT2D eigenvalue weighted by atomic mass is 10.0. The van der Waals surface area contributed by atoms with Gasteiger partial charge in [0.2, 0.25) is 0 Å². The average Bonchev–Trinajstić information content (AvgIpc) is 2.60. The smallest absolute Gasteiger partial charge is 0.274 e. The van der Waals surface area contributed by atoms with E-state index in [1.165, 1.54) is 18.2 Å². The number of benzene rings is 3.